The van der Waals surface area contributed by atoms with Crippen molar-refractivity contribution in [2.45, 2.75) is 33.7 Å². The first-order chi connectivity index (χ1) is 17.6. The molecule has 0 saturated heterocycles. The van der Waals surface area contributed by atoms with Crippen LogP contribution in [-0.4, -0.2) is 41.2 Å². The maximum Gasteiger partial charge on any atom is 0.159 e. The Kier molecular flexibility index (Phi) is 5.58. The minimum absolute atomic E-state index is 0.703. The van der Waals surface area contributed by atoms with Crippen molar-refractivity contribution < 1.29 is 0 Å². The normalized spacial score (nSPS) is 11.6. The molecule has 180 valence electrons. The Bertz CT molecular complexity index is 1690. The lowest BCUT2D eigenvalue weighted by Crippen LogP contribution is -2.11. The molecule has 0 fully saturated rings. The van der Waals surface area contributed by atoms with Crippen molar-refractivity contribution in [3.05, 3.63) is 78.1 Å². The lowest BCUT2D eigenvalue weighted by molar-refractivity contribution is 0.726. The van der Waals surface area contributed by atoms with Crippen molar-refractivity contribution in [3.8, 4) is 28.3 Å². The highest BCUT2D eigenvalue weighted by Gasteiger charge is 2.16. The Labute approximate surface area is 208 Å². The standard InChI is InChI=1S/C28H28N8/c1-4-18-8-19(12-29-5-2)10-21(9-18)20-6-7-23-22(11-20)26(35-34-23)28-32-24-13-30-14-25(27(24)33-28)36-15-17(3)31-16-36/h6-11,13-16,29H,4-5,12H2,1-3H3,(H,32,33)(H,34,35). The average Bonchev–Trinajstić information content (AvgIpc) is 3.64. The third-order valence-corrected chi connectivity index (χ3v) is 6.53. The Morgan fingerprint density at radius 1 is 0.972 bits per heavy atom. The summed E-state index contributed by atoms with van der Waals surface area (Å²) in [5.74, 6) is 0.703. The Morgan fingerprint density at radius 2 is 1.86 bits per heavy atom. The molecule has 0 bridgehead atoms. The van der Waals surface area contributed by atoms with Gasteiger partial charge in [0.05, 0.1) is 41.1 Å². The molecule has 0 saturated carbocycles. The fourth-order valence-corrected chi connectivity index (χ4v) is 4.65. The number of nitrogens with zero attached hydrogens (tertiary/aromatic N) is 5. The number of imidazole rings is 2. The van der Waals surface area contributed by atoms with E-state index in [-0.39, 0.29) is 0 Å². The van der Waals surface area contributed by atoms with Crippen molar-refractivity contribution in [1.29, 1.82) is 0 Å². The van der Waals surface area contributed by atoms with E-state index in [1.165, 1.54) is 16.7 Å². The highest BCUT2D eigenvalue weighted by Crippen LogP contribution is 2.32. The number of pyridine rings is 1. The van der Waals surface area contributed by atoms with Crippen LogP contribution in [0.25, 0.3) is 50.3 Å². The summed E-state index contributed by atoms with van der Waals surface area (Å²) in [6.45, 7) is 8.11. The molecular weight excluding hydrogens is 448 g/mol. The van der Waals surface area contributed by atoms with Crippen LogP contribution < -0.4 is 5.32 Å². The van der Waals surface area contributed by atoms with E-state index in [0.717, 1.165) is 64.1 Å². The van der Waals surface area contributed by atoms with Crippen LogP contribution in [0.5, 0.6) is 0 Å². The molecule has 6 aromatic rings. The molecule has 4 heterocycles. The minimum Gasteiger partial charge on any atom is -0.335 e. The zero-order valence-electron chi connectivity index (χ0n) is 20.6. The van der Waals surface area contributed by atoms with Gasteiger partial charge in [0.25, 0.3) is 0 Å². The molecule has 2 aromatic carbocycles. The zero-order chi connectivity index (χ0) is 24.6. The van der Waals surface area contributed by atoms with E-state index in [1.807, 2.05) is 17.7 Å². The second kappa shape index (κ2) is 9.05. The number of rotatable bonds is 7. The quantitative estimate of drug-likeness (QED) is 0.289. The highest BCUT2D eigenvalue weighted by molar-refractivity contribution is 5.96. The van der Waals surface area contributed by atoms with E-state index >= 15 is 0 Å². The van der Waals surface area contributed by atoms with Crippen LogP contribution in [0.4, 0.5) is 0 Å². The van der Waals surface area contributed by atoms with Crippen molar-refractivity contribution in [2.24, 2.45) is 0 Å². The van der Waals surface area contributed by atoms with E-state index in [0.29, 0.717) is 5.82 Å². The first kappa shape index (κ1) is 22.2. The van der Waals surface area contributed by atoms with Gasteiger partial charge in [-0.05, 0) is 60.3 Å². The van der Waals surface area contributed by atoms with E-state index in [1.54, 1.807) is 18.7 Å². The number of aromatic nitrogens is 7. The van der Waals surface area contributed by atoms with Crippen LogP contribution in [-0.2, 0) is 13.0 Å². The Balaban J connectivity index is 1.45. The van der Waals surface area contributed by atoms with Gasteiger partial charge in [-0.1, -0.05) is 32.0 Å². The van der Waals surface area contributed by atoms with Gasteiger partial charge in [-0.25, -0.2) is 9.97 Å². The number of benzene rings is 2. The number of nitrogens with one attached hydrogen (secondary N) is 3. The second-order valence-electron chi connectivity index (χ2n) is 9.07. The van der Waals surface area contributed by atoms with E-state index in [2.05, 4.69) is 80.7 Å². The lowest BCUT2D eigenvalue weighted by atomic mass is 9.97. The van der Waals surface area contributed by atoms with Crippen LogP contribution in [0.2, 0.25) is 0 Å². The minimum atomic E-state index is 0.703. The van der Waals surface area contributed by atoms with Gasteiger partial charge in [0.2, 0.25) is 0 Å². The van der Waals surface area contributed by atoms with E-state index in [4.69, 9.17) is 4.98 Å². The predicted molar refractivity (Wildman–Crippen MR) is 143 cm³/mol. The summed E-state index contributed by atoms with van der Waals surface area (Å²) in [6.07, 6.45) is 8.35. The van der Waals surface area contributed by atoms with Crippen LogP contribution in [0.3, 0.4) is 0 Å². The van der Waals surface area contributed by atoms with Gasteiger partial charge in [0, 0.05) is 18.1 Å². The number of aromatic amines is 2. The number of hydrogen-bond acceptors (Lipinski definition) is 5. The fourth-order valence-electron chi connectivity index (χ4n) is 4.65. The maximum absolute atomic E-state index is 4.93. The molecule has 0 radical (unpaired) electrons. The molecule has 0 aliphatic heterocycles. The zero-order valence-corrected chi connectivity index (χ0v) is 20.6. The lowest BCUT2D eigenvalue weighted by Gasteiger charge is -2.10. The van der Waals surface area contributed by atoms with Crippen molar-refractivity contribution in [3.63, 3.8) is 0 Å². The second-order valence-corrected chi connectivity index (χ2v) is 9.07. The number of hydrogen-bond donors (Lipinski definition) is 3. The maximum atomic E-state index is 4.93. The molecule has 3 N–H and O–H groups in total. The summed E-state index contributed by atoms with van der Waals surface area (Å²) in [6, 6.07) is 13.3. The van der Waals surface area contributed by atoms with Crippen molar-refractivity contribution >= 4 is 21.9 Å². The number of aryl methyl sites for hydroxylation is 2. The van der Waals surface area contributed by atoms with Crippen molar-refractivity contribution in [1.82, 2.24) is 40.0 Å². The van der Waals surface area contributed by atoms with Gasteiger partial charge in [-0.3, -0.25) is 10.1 Å². The molecule has 0 aliphatic rings. The number of fused-ring (bicyclic) bond motifs is 2. The summed E-state index contributed by atoms with van der Waals surface area (Å²) < 4.78 is 1.95. The van der Waals surface area contributed by atoms with E-state index in [9.17, 15) is 0 Å². The predicted octanol–water partition coefficient (Wildman–Crippen LogP) is 5.33. The molecule has 8 nitrogen and oxygen atoms in total. The first-order valence-corrected chi connectivity index (χ1v) is 12.3. The summed E-state index contributed by atoms with van der Waals surface area (Å²) in [7, 11) is 0. The first-order valence-electron chi connectivity index (χ1n) is 12.3. The SMILES string of the molecule is CCNCc1cc(CC)cc(-c2ccc3[nH]nc(-c4nc5c(-n6cnc(C)c6)cncc5[nH]4)c3c2)c1. The third-order valence-electron chi connectivity index (χ3n) is 6.53. The molecule has 0 atom stereocenters. The largest absolute Gasteiger partial charge is 0.335 e. The van der Waals surface area contributed by atoms with E-state index < -0.39 is 0 Å². The summed E-state index contributed by atoms with van der Waals surface area (Å²) in [5, 5.41) is 12.3. The van der Waals surface area contributed by atoms with Gasteiger partial charge < -0.3 is 14.9 Å². The smallest absolute Gasteiger partial charge is 0.159 e. The van der Waals surface area contributed by atoms with Crippen LogP contribution in [0.1, 0.15) is 30.7 Å². The van der Waals surface area contributed by atoms with Gasteiger partial charge in [0.15, 0.2) is 5.82 Å². The summed E-state index contributed by atoms with van der Waals surface area (Å²) in [4.78, 5) is 17.1. The molecule has 4 aromatic heterocycles. The molecule has 0 spiro atoms. The Hall–Kier alpha value is -4.30. The summed E-state index contributed by atoms with van der Waals surface area (Å²) in [5.41, 5.74) is 10.3. The van der Waals surface area contributed by atoms with Crippen LogP contribution in [0, 0.1) is 6.92 Å². The van der Waals surface area contributed by atoms with Gasteiger partial charge in [0.1, 0.15) is 11.2 Å². The summed E-state index contributed by atoms with van der Waals surface area (Å²) >= 11 is 0. The number of H-pyrrole nitrogens is 2. The van der Waals surface area contributed by atoms with Gasteiger partial charge >= 0.3 is 0 Å². The molecule has 8 heteroatoms. The molecule has 0 unspecified atom stereocenters. The van der Waals surface area contributed by atoms with Crippen LogP contribution in [0.15, 0.2) is 61.3 Å². The molecule has 36 heavy (non-hydrogen) atoms. The topological polar surface area (TPSA) is 100 Å². The Morgan fingerprint density at radius 3 is 2.67 bits per heavy atom. The molecule has 6 rings (SSSR count). The van der Waals surface area contributed by atoms with Gasteiger partial charge in [-0.2, -0.15) is 5.10 Å². The molecular formula is C28H28N8. The fraction of sp³-hybridized carbons (Fsp3) is 0.214. The third kappa shape index (κ3) is 3.95. The van der Waals surface area contributed by atoms with Crippen molar-refractivity contribution in [2.75, 3.05) is 6.54 Å². The van der Waals surface area contributed by atoms with Crippen LogP contribution >= 0.6 is 0 Å². The highest BCUT2D eigenvalue weighted by atomic mass is 15.1. The molecule has 0 aliphatic carbocycles. The van der Waals surface area contributed by atoms with Gasteiger partial charge in [-0.15, -0.1) is 0 Å². The average molecular weight is 477 g/mol. The molecule has 0 amide bonds. The monoisotopic (exact) mass is 476 g/mol.